The van der Waals surface area contributed by atoms with Gasteiger partial charge >= 0.3 is 0 Å². The van der Waals surface area contributed by atoms with Crippen molar-refractivity contribution in [1.82, 2.24) is 10.2 Å². The molecule has 3 rings (SSSR count). The molecule has 1 saturated heterocycles. The maximum Gasteiger partial charge on any atom is 0.0637 e. The Bertz CT molecular complexity index is 454. The van der Waals surface area contributed by atoms with Gasteiger partial charge in [-0.05, 0) is 56.3 Å². The lowest BCUT2D eigenvalue weighted by Crippen LogP contribution is -2.39. The molecule has 1 N–H and O–H groups in total. The minimum absolute atomic E-state index is 0.666. The van der Waals surface area contributed by atoms with Gasteiger partial charge in [0.2, 0.25) is 0 Å². The molecule has 0 amide bonds. The molecular weight excluding hydrogens is 291 g/mol. The zero-order chi connectivity index (χ0) is 13.9. The SMILES string of the molecule is Clc1cccc(CN(CC2CCCNC2)C2CC2)c1Cl. The topological polar surface area (TPSA) is 15.3 Å². The Kier molecular flexibility index (Phi) is 4.87. The number of hydrogen-bond donors (Lipinski definition) is 1. The molecule has 1 saturated carbocycles. The molecule has 0 spiro atoms. The van der Waals surface area contributed by atoms with E-state index in [1.165, 1.54) is 38.8 Å². The van der Waals surface area contributed by atoms with Gasteiger partial charge in [-0.15, -0.1) is 0 Å². The Balaban J connectivity index is 1.66. The number of halogens is 2. The Morgan fingerprint density at radius 3 is 2.75 bits per heavy atom. The molecule has 110 valence electrons. The van der Waals surface area contributed by atoms with Gasteiger partial charge in [-0.3, -0.25) is 4.90 Å². The third kappa shape index (κ3) is 3.67. The number of rotatable bonds is 5. The van der Waals surface area contributed by atoms with E-state index in [1.807, 2.05) is 12.1 Å². The molecular formula is C16H22Cl2N2. The summed E-state index contributed by atoms with van der Waals surface area (Å²) in [4.78, 5) is 2.61. The van der Waals surface area contributed by atoms with E-state index in [1.54, 1.807) is 0 Å². The van der Waals surface area contributed by atoms with Crippen molar-refractivity contribution >= 4 is 23.2 Å². The van der Waals surface area contributed by atoms with Crippen LogP contribution in [0, 0.1) is 5.92 Å². The third-order valence-electron chi connectivity index (χ3n) is 4.36. The standard InChI is InChI=1S/C16H22Cl2N2/c17-15-5-1-4-13(16(15)18)11-20(14-6-7-14)10-12-3-2-8-19-9-12/h1,4-5,12,14,19H,2-3,6-11H2. The van der Waals surface area contributed by atoms with Gasteiger partial charge in [-0.25, -0.2) is 0 Å². The first-order valence-electron chi connectivity index (χ1n) is 7.61. The minimum Gasteiger partial charge on any atom is -0.316 e. The second-order valence-corrected chi connectivity index (χ2v) is 6.87. The lowest BCUT2D eigenvalue weighted by molar-refractivity contribution is 0.193. The molecule has 1 aromatic carbocycles. The summed E-state index contributed by atoms with van der Waals surface area (Å²) in [5.74, 6) is 0.780. The highest BCUT2D eigenvalue weighted by Crippen LogP contribution is 2.33. The van der Waals surface area contributed by atoms with E-state index in [-0.39, 0.29) is 0 Å². The molecule has 0 radical (unpaired) electrons. The molecule has 2 fully saturated rings. The summed E-state index contributed by atoms with van der Waals surface area (Å²) in [6.45, 7) is 4.45. The zero-order valence-corrected chi connectivity index (χ0v) is 13.3. The van der Waals surface area contributed by atoms with Crippen molar-refractivity contribution in [1.29, 1.82) is 0 Å². The normalized spacial score (nSPS) is 23.2. The van der Waals surface area contributed by atoms with Gasteiger partial charge in [-0.1, -0.05) is 35.3 Å². The van der Waals surface area contributed by atoms with Crippen LogP contribution < -0.4 is 5.32 Å². The summed E-state index contributed by atoms with van der Waals surface area (Å²) in [5.41, 5.74) is 1.16. The van der Waals surface area contributed by atoms with E-state index in [0.717, 1.165) is 35.6 Å². The smallest absolute Gasteiger partial charge is 0.0637 e. The molecule has 1 aliphatic carbocycles. The van der Waals surface area contributed by atoms with Crippen LogP contribution in [-0.4, -0.2) is 30.6 Å². The summed E-state index contributed by atoms with van der Waals surface area (Å²) in [6, 6.07) is 6.71. The molecule has 1 heterocycles. The van der Waals surface area contributed by atoms with Gasteiger partial charge in [0.1, 0.15) is 0 Å². The highest BCUT2D eigenvalue weighted by Gasteiger charge is 2.31. The van der Waals surface area contributed by atoms with Crippen molar-refractivity contribution in [2.75, 3.05) is 19.6 Å². The van der Waals surface area contributed by atoms with Crippen LogP contribution in [0.1, 0.15) is 31.2 Å². The van der Waals surface area contributed by atoms with Gasteiger partial charge in [-0.2, -0.15) is 0 Å². The largest absolute Gasteiger partial charge is 0.316 e. The monoisotopic (exact) mass is 312 g/mol. The molecule has 1 unspecified atom stereocenters. The predicted octanol–water partition coefficient (Wildman–Crippen LogP) is 3.96. The van der Waals surface area contributed by atoms with Gasteiger partial charge in [0.25, 0.3) is 0 Å². The highest BCUT2D eigenvalue weighted by molar-refractivity contribution is 6.42. The fourth-order valence-electron chi connectivity index (χ4n) is 3.08. The number of nitrogens with one attached hydrogen (secondary N) is 1. The fourth-order valence-corrected chi connectivity index (χ4v) is 3.46. The van der Waals surface area contributed by atoms with E-state index in [4.69, 9.17) is 23.2 Å². The second-order valence-electron chi connectivity index (χ2n) is 6.09. The lowest BCUT2D eigenvalue weighted by Gasteiger charge is -2.30. The minimum atomic E-state index is 0.666. The summed E-state index contributed by atoms with van der Waals surface area (Å²) in [6.07, 6.45) is 5.32. The molecule has 1 atom stereocenters. The molecule has 20 heavy (non-hydrogen) atoms. The van der Waals surface area contributed by atoms with Crippen molar-refractivity contribution < 1.29 is 0 Å². The molecule has 1 aromatic rings. The van der Waals surface area contributed by atoms with Gasteiger partial charge < -0.3 is 5.32 Å². The van der Waals surface area contributed by atoms with Crippen LogP contribution >= 0.6 is 23.2 Å². The van der Waals surface area contributed by atoms with E-state index >= 15 is 0 Å². The maximum atomic E-state index is 6.33. The van der Waals surface area contributed by atoms with E-state index in [0.29, 0.717) is 5.02 Å². The first-order chi connectivity index (χ1) is 9.74. The second kappa shape index (κ2) is 6.65. The molecule has 0 bridgehead atoms. The van der Waals surface area contributed by atoms with Gasteiger partial charge in [0, 0.05) is 19.1 Å². The Morgan fingerprint density at radius 2 is 2.05 bits per heavy atom. The van der Waals surface area contributed by atoms with Crippen LogP contribution in [0.4, 0.5) is 0 Å². The van der Waals surface area contributed by atoms with Crippen molar-refractivity contribution in [2.24, 2.45) is 5.92 Å². The molecule has 2 nitrogen and oxygen atoms in total. The summed E-state index contributed by atoms with van der Waals surface area (Å²) in [5, 5.41) is 4.90. The summed E-state index contributed by atoms with van der Waals surface area (Å²) in [7, 11) is 0. The molecule has 4 heteroatoms. The summed E-state index contributed by atoms with van der Waals surface area (Å²) < 4.78 is 0. The van der Waals surface area contributed by atoms with Gasteiger partial charge in [0.15, 0.2) is 0 Å². The van der Waals surface area contributed by atoms with Crippen LogP contribution in [-0.2, 0) is 6.54 Å². The zero-order valence-electron chi connectivity index (χ0n) is 11.7. The number of benzene rings is 1. The van der Waals surface area contributed by atoms with E-state index < -0.39 is 0 Å². The average molecular weight is 313 g/mol. The first kappa shape index (κ1) is 14.6. The summed E-state index contributed by atoms with van der Waals surface area (Å²) >= 11 is 12.5. The number of piperidine rings is 1. The predicted molar refractivity (Wildman–Crippen MR) is 85.5 cm³/mol. The molecule has 2 aliphatic rings. The van der Waals surface area contributed by atoms with Crippen molar-refractivity contribution in [3.05, 3.63) is 33.8 Å². The quantitative estimate of drug-likeness (QED) is 0.885. The molecule has 1 aliphatic heterocycles. The fraction of sp³-hybridized carbons (Fsp3) is 0.625. The van der Waals surface area contributed by atoms with Crippen LogP contribution in [0.15, 0.2) is 18.2 Å². The van der Waals surface area contributed by atoms with Gasteiger partial charge in [0.05, 0.1) is 10.0 Å². The Morgan fingerprint density at radius 1 is 1.20 bits per heavy atom. The van der Waals surface area contributed by atoms with Crippen LogP contribution in [0.2, 0.25) is 10.0 Å². The third-order valence-corrected chi connectivity index (χ3v) is 5.22. The lowest BCUT2D eigenvalue weighted by atomic mass is 9.98. The Hall–Kier alpha value is -0.280. The van der Waals surface area contributed by atoms with E-state index in [9.17, 15) is 0 Å². The maximum absolute atomic E-state index is 6.33. The van der Waals surface area contributed by atoms with Crippen molar-refractivity contribution in [2.45, 2.75) is 38.3 Å². The van der Waals surface area contributed by atoms with Crippen LogP contribution in [0.3, 0.4) is 0 Å². The number of hydrogen-bond acceptors (Lipinski definition) is 2. The average Bonchev–Trinajstić information content (AvgIpc) is 3.29. The van der Waals surface area contributed by atoms with Crippen molar-refractivity contribution in [3.63, 3.8) is 0 Å². The molecule has 0 aromatic heterocycles. The first-order valence-corrected chi connectivity index (χ1v) is 8.37. The highest BCUT2D eigenvalue weighted by atomic mass is 35.5. The van der Waals surface area contributed by atoms with E-state index in [2.05, 4.69) is 16.3 Å². The van der Waals surface area contributed by atoms with Crippen molar-refractivity contribution in [3.8, 4) is 0 Å². The Labute approximate surface area is 131 Å². The van der Waals surface area contributed by atoms with Crippen LogP contribution in [0.25, 0.3) is 0 Å². The van der Waals surface area contributed by atoms with Crippen LogP contribution in [0.5, 0.6) is 0 Å². The number of nitrogens with zero attached hydrogens (tertiary/aromatic N) is 1.